The van der Waals surface area contributed by atoms with Crippen molar-refractivity contribution >= 4 is 34.8 Å². The number of anilines is 3. The predicted molar refractivity (Wildman–Crippen MR) is 155 cm³/mol. The second-order valence-electron chi connectivity index (χ2n) is 10.1. The molecule has 1 saturated heterocycles. The van der Waals surface area contributed by atoms with Crippen LogP contribution in [0.15, 0.2) is 60.7 Å². The highest BCUT2D eigenvalue weighted by molar-refractivity contribution is 7.80. The van der Waals surface area contributed by atoms with Crippen LogP contribution in [0.3, 0.4) is 0 Å². The maximum Gasteiger partial charge on any atom is 0.234 e. The molecule has 38 heavy (non-hydrogen) atoms. The number of piperazine rings is 1. The van der Waals surface area contributed by atoms with Gasteiger partial charge in [-0.25, -0.2) is 4.39 Å². The Morgan fingerprint density at radius 3 is 2.32 bits per heavy atom. The van der Waals surface area contributed by atoms with Crippen molar-refractivity contribution in [3.8, 4) is 5.88 Å². The fourth-order valence-corrected chi connectivity index (χ4v) is 5.73. The van der Waals surface area contributed by atoms with E-state index in [0.29, 0.717) is 23.5 Å². The molecule has 2 heterocycles. The van der Waals surface area contributed by atoms with Crippen LogP contribution in [-0.4, -0.2) is 54.9 Å². The molecular weight excluding hydrogens is 499 g/mol. The Kier molecular flexibility index (Phi) is 8.22. The topological polar surface area (TPSA) is 65.6 Å². The van der Waals surface area contributed by atoms with Crippen LogP contribution in [0.1, 0.15) is 37.7 Å². The van der Waals surface area contributed by atoms with Crippen LogP contribution in [-0.2, 0) is 5.41 Å². The minimum Gasteiger partial charge on any atom is -0.481 e. The highest BCUT2D eigenvalue weighted by Gasteiger charge is 2.34. The van der Waals surface area contributed by atoms with Crippen LogP contribution >= 0.6 is 12.2 Å². The van der Waals surface area contributed by atoms with Gasteiger partial charge in [0.2, 0.25) is 11.8 Å². The van der Waals surface area contributed by atoms with Gasteiger partial charge in [0.05, 0.1) is 7.11 Å². The maximum atomic E-state index is 13.6. The first-order valence-corrected chi connectivity index (χ1v) is 13.7. The Balaban J connectivity index is 1.23. The second-order valence-corrected chi connectivity index (χ2v) is 10.5. The first-order valence-electron chi connectivity index (χ1n) is 13.3. The fraction of sp³-hybridized carbons (Fsp3) is 0.414. The molecule has 1 aliphatic carbocycles. The van der Waals surface area contributed by atoms with Crippen LogP contribution in [0.4, 0.5) is 21.8 Å². The standard InChI is InChI=1S/C29H35FN6OS/c1-37-26-20-25(36-18-16-35(17-19-36)24-8-4-2-5-9-24)32-27(33-26)34-28(38)31-21-29(14-6-3-7-15-29)22-10-12-23(30)13-11-22/h2,4-5,8-13,20H,3,6-7,14-19,21H2,1H3,(H2,31,32,33,34,38). The van der Waals surface area contributed by atoms with E-state index in [2.05, 4.69) is 49.7 Å². The van der Waals surface area contributed by atoms with Gasteiger partial charge in [-0.3, -0.25) is 0 Å². The molecule has 2 fully saturated rings. The number of para-hydroxylation sites is 1. The van der Waals surface area contributed by atoms with E-state index in [1.165, 1.54) is 12.1 Å². The Morgan fingerprint density at radius 1 is 0.947 bits per heavy atom. The van der Waals surface area contributed by atoms with E-state index >= 15 is 0 Å². The van der Waals surface area contributed by atoms with Crippen molar-refractivity contribution < 1.29 is 9.13 Å². The van der Waals surface area contributed by atoms with Crippen LogP contribution in [0, 0.1) is 5.82 Å². The van der Waals surface area contributed by atoms with Gasteiger partial charge in [-0.2, -0.15) is 9.97 Å². The Bertz CT molecular complexity index is 1210. The average Bonchev–Trinajstić information content (AvgIpc) is 2.97. The molecular formula is C29H35FN6OS. The molecule has 0 bridgehead atoms. The van der Waals surface area contributed by atoms with E-state index in [1.807, 2.05) is 24.3 Å². The molecule has 2 aromatic carbocycles. The number of hydrogen-bond donors (Lipinski definition) is 2. The molecule has 3 aromatic rings. The van der Waals surface area contributed by atoms with Crippen LogP contribution < -0.4 is 25.2 Å². The lowest BCUT2D eigenvalue weighted by atomic mass is 9.69. The van der Waals surface area contributed by atoms with Crippen molar-refractivity contribution in [1.29, 1.82) is 0 Å². The van der Waals surface area contributed by atoms with Crippen molar-refractivity contribution in [2.75, 3.05) is 55.0 Å². The largest absolute Gasteiger partial charge is 0.481 e. The number of aromatic nitrogens is 2. The highest BCUT2D eigenvalue weighted by atomic mass is 32.1. The molecule has 0 radical (unpaired) electrons. The SMILES string of the molecule is COc1cc(N2CCN(c3ccccc3)CC2)nc(NC(=S)NCC2(c3ccc(F)cc3)CCCCC2)n1. The molecule has 0 atom stereocenters. The van der Waals surface area contributed by atoms with E-state index in [0.717, 1.165) is 63.2 Å². The normalized spacial score (nSPS) is 17.1. The van der Waals surface area contributed by atoms with Crippen molar-refractivity contribution in [1.82, 2.24) is 15.3 Å². The number of nitrogens with one attached hydrogen (secondary N) is 2. The summed E-state index contributed by atoms with van der Waals surface area (Å²) in [5.41, 5.74) is 2.32. The van der Waals surface area contributed by atoms with Gasteiger partial charge in [-0.1, -0.05) is 49.6 Å². The number of ether oxygens (including phenoxy) is 1. The quantitative estimate of drug-likeness (QED) is 0.404. The molecule has 2 aliphatic rings. The molecule has 1 aliphatic heterocycles. The molecule has 200 valence electrons. The van der Waals surface area contributed by atoms with Gasteiger partial charge < -0.3 is 25.2 Å². The van der Waals surface area contributed by atoms with Crippen molar-refractivity contribution in [2.24, 2.45) is 0 Å². The summed E-state index contributed by atoms with van der Waals surface area (Å²) in [5, 5.41) is 7.03. The van der Waals surface area contributed by atoms with E-state index < -0.39 is 0 Å². The Hall–Kier alpha value is -3.46. The first-order chi connectivity index (χ1) is 18.5. The van der Waals surface area contributed by atoms with Gasteiger partial charge in [0, 0.05) is 49.9 Å². The molecule has 1 saturated carbocycles. The fourth-order valence-electron chi connectivity index (χ4n) is 5.56. The number of methoxy groups -OCH3 is 1. The van der Waals surface area contributed by atoms with Gasteiger partial charge in [0.1, 0.15) is 11.6 Å². The highest BCUT2D eigenvalue weighted by Crippen LogP contribution is 2.39. The third-order valence-electron chi connectivity index (χ3n) is 7.70. The summed E-state index contributed by atoms with van der Waals surface area (Å²) in [7, 11) is 1.61. The zero-order valence-corrected chi connectivity index (χ0v) is 22.6. The predicted octanol–water partition coefficient (Wildman–Crippen LogP) is 5.14. The zero-order chi connectivity index (χ0) is 26.4. The number of halogens is 1. The molecule has 5 rings (SSSR count). The first kappa shape index (κ1) is 26.2. The molecule has 0 amide bonds. The summed E-state index contributed by atoms with van der Waals surface area (Å²) >= 11 is 5.65. The lowest BCUT2D eigenvalue weighted by Crippen LogP contribution is -2.47. The van der Waals surface area contributed by atoms with Gasteiger partial charge in [-0.05, 0) is 54.9 Å². The summed E-state index contributed by atoms with van der Waals surface area (Å²) < 4.78 is 19.1. The molecule has 9 heteroatoms. The third-order valence-corrected chi connectivity index (χ3v) is 7.95. The van der Waals surface area contributed by atoms with Crippen molar-refractivity contribution in [2.45, 2.75) is 37.5 Å². The maximum absolute atomic E-state index is 13.6. The molecule has 1 aromatic heterocycles. The number of thiocarbonyl (C=S) groups is 1. The van der Waals surface area contributed by atoms with Gasteiger partial charge >= 0.3 is 0 Å². The second kappa shape index (κ2) is 11.9. The van der Waals surface area contributed by atoms with Gasteiger partial charge in [-0.15, -0.1) is 0 Å². The van der Waals surface area contributed by atoms with E-state index in [9.17, 15) is 4.39 Å². The van der Waals surface area contributed by atoms with Crippen molar-refractivity contribution in [3.63, 3.8) is 0 Å². The van der Waals surface area contributed by atoms with E-state index in [1.54, 1.807) is 19.2 Å². The van der Waals surface area contributed by atoms with Crippen LogP contribution in [0.25, 0.3) is 0 Å². The monoisotopic (exact) mass is 534 g/mol. The Labute approximate surface area is 229 Å². The average molecular weight is 535 g/mol. The molecule has 7 nitrogen and oxygen atoms in total. The number of hydrogen-bond acceptors (Lipinski definition) is 6. The molecule has 2 N–H and O–H groups in total. The zero-order valence-electron chi connectivity index (χ0n) is 21.8. The van der Waals surface area contributed by atoms with Crippen LogP contribution in [0.2, 0.25) is 0 Å². The summed E-state index contributed by atoms with van der Waals surface area (Å²) in [6, 6.07) is 19.3. The summed E-state index contributed by atoms with van der Waals surface area (Å²) in [4.78, 5) is 13.9. The lowest BCUT2D eigenvalue weighted by Gasteiger charge is -2.38. The smallest absolute Gasteiger partial charge is 0.234 e. The van der Waals surface area contributed by atoms with Gasteiger partial charge in [0.15, 0.2) is 5.11 Å². The summed E-state index contributed by atoms with van der Waals surface area (Å²) in [5.74, 6) is 1.49. The van der Waals surface area contributed by atoms with E-state index in [-0.39, 0.29) is 11.2 Å². The minimum absolute atomic E-state index is 0.0729. The third kappa shape index (κ3) is 6.15. The number of nitrogens with zero attached hydrogens (tertiary/aromatic N) is 4. The number of rotatable bonds is 7. The van der Waals surface area contributed by atoms with Crippen LogP contribution in [0.5, 0.6) is 5.88 Å². The van der Waals surface area contributed by atoms with Gasteiger partial charge in [0.25, 0.3) is 0 Å². The summed E-state index contributed by atoms with van der Waals surface area (Å²) in [6.45, 7) is 4.17. The van der Waals surface area contributed by atoms with Crippen molar-refractivity contribution in [3.05, 3.63) is 72.0 Å². The Morgan fingerprint density at radius 2 is 1.63 bits per heavy atom. The lowest BCUT2D eigenvalue weighted by molar-refractivity contribution is 0.292. The summed E-state index contributed by atoms with van der Waals surface area (Å²) in [6.07, 6.45) is 5.62. The molecule has 0 spiro atoms. The molecule has 0 unspecified atom stereocenters. The minimum atomic E-state index is -0.211. The number of benzene rings is 2. The van der Waals surface area contributed by atoms with E-state index in [4.69, 9.17) is 21.9 Å².